The first-order chi connectivity index (χ1) is 8.17. The summed E-state index contributed by atoms with van der Waals surface area (Å²) in [5.74, 6) is 1.40. The SMILES string of the molecule is CCC(C)c1ccc(OCCC(=O)NC)cc1. The number of hydrogen-bond acceptors (Lipinski definition) is 2. The first-order valence-electron chi connectivity index (χ1n) is 6.10. The van der Waals surface area contributed by atoms with Crippen molar-refractivity contribution in [3.8, 4) is 5.75 Å². The summed E-state index contributed by atoms with van der Waals surface area (Å²) < 4.78 is 5.49. The second-order valence-electron chi connectivity index (χ2n) is 4.15. The van der Waals surface area contributed by atoms with Crippen LogP contribution in [0.5, 0.6) is 5.75 Å². The lowest BCUT2D eigenvalue weighted by Crippen LogP contribution is -2.20. The highest BCUT2D eigenvalue weighted by Crippen LogP contribution is 2.21. The molecule has 0 aliphatic carbocycles. The number of benzene rings is 1. The van der Waals surface area contributed by atoms with Crippen LogP contribution in [0.15, 0.2) is 24.3 Å². The number of carbonyl (C=O) groups excluding carboxylic acids is 1. The van der Waals surface area contributed by atoms with E-state index in [1.54, 1.807) is 7.05 Å². The summed E-state index contributed by atoms with van der Waals surface area (Å²) in [6.45, 7) is 4.81. The summed E-state index contributed by atoms with van der Waals surface area (Å²) in [7, 11) is 1.63. The average molecular weight is 235 g/mol. The highest BCUT2D eigenvalue weighted by Gasteiger charge is 2.03. The Kier molecular flexibility index (Phi) is 5.53. The molecule has 1 rings (SSSR count). The van der Waals surface area contributed by atoms with Gasteiger partial charge in [-0.15, -0.1) is 0 Å². The van der Waals surface area contributed by atoms with Crippen molar-refractivity contribution >= 4 is 5.91 Å². The summed E-state index contributed by atoms with van der Waals surface area (Å²) in [5, 5.41) is 2.56. The highest BCUT2D eigenvalue weighted by molar-refractivity contribution is 5.75. The van der Waals surface area contributed by atoms with Gasteiger partial charge in [0.2, 0.25) is 5.91 Å². The predicted molar refractivity (Wildman–Crippen MR) is 69.3 cm³/mol. The van der Waals surface area contributed by atoms with Crippen LogP contribution in [-0.4, -0.2) is 19.6 Å². The molecule has 0 bridgehead atoms. The molecule has 0 saturated carbocycles. The van der Waals surface area contributed by atoms with E-state index in [0.29, 0.717) is 18.9 Å². The first-order valence-corrected chi connectivity index (χ1v) is 6.10. The third-order valence-corrected chi connectivity index (χ3v) is 2.94. The number of carbonyl (C=O) groups is 1. The van der Waals surface area contributed by atoms with Crippen molar-refractivity contribution in [3.05, 3.63) is 29.8 Å². The molecule has 1 N–H and O–H groups in total. The Balaban J connectivity index is 2.43. The van der Waals surface area contributed by atoms with Crippen LogP contribution in [0.4, 0.5) is 0 Å². The minimum absolute atomic E-state index is 0.00113. The van der Waals surface area contributed by atoms with Crippen molar-refractivity contribution < 1.29 is 9.53 Å². The fourth-order valence-corrected chi connectivity index (χ4v) is 1.51. The Morgan fingerprint density at radius 3 is 2.53 bits per heavy atom. The van der Waals surface area contributed by atoms with Gasteiger partial charge in [-0.1, -0.05) is 26.0 Å². The Morgan fingerprint density at radius 2 is 2.00 bits per heavy atom. The molecule has 1 atom stereocenters. The number of amides is 1. The van der Waals surface area contributed by atoms with Gasteiger partial charge in [-0.2, -0.15) is 0 Å². The first kappa shape index (κ1) is 13.6. The van der Waals surface area contributed by atoms with Crippen LogP contribution in [0.1, 0.15) is 38.2 Å². The molecule has 0 fully saturated rings. The summed E-state index contributed by atoms with van der Waals surface area (Å²) in [6.07, 6.45) is 1.53. The zero-order valence-electron chi connectivity index (χ0n) is 10.8. The monoisotopic (exact) mass is 235 g/mol. The maximum atomic E-state index is 11.0. The summed E-state index contributed by atoms with van der Waals surface area (Å²) in [5.41, 5.74) is 1.33. The molecule has 0 radical (unpaired) electrons. The second kappa shape index (κ2) is 6.94. The van der Waals surface area contributed by atoms with Crippen molar-refractivity contribution in [2.75, 3.05) is 13.7 Å². The van der Waals surface area contributed by atoms with E-state index < -0.39 is 0 Å². The van der Waals surface area contributed by atoms with Gasteiger partial charge in [0.05, 0.1) is 13.0 Å². The van der Waals surface area contributed by atoms with Crippen molar-refractivity contribution in [1.82, 2.24) is 5.32 Å². The largest absolute Gasteiger partial charge is 0.493 e. The Morgan fingerprint density at radius 1 is 1.35 bits per heavy atom. The van der Waals surface area contributed by atoms with E-state index >= 15 is 0 Å². The smallest absolute Gasteiger partial charge is 0.223 e. The fraction of sp³-hybridized carbons (Fsp3) is 0.500. The van der Waals surface area contributed by atoms with Crippen LogP contribution >= 0.6 is 0 Å². The topological polar surface area (TPSA) is 38.3 Å². The molecule has 1 aromatic rings. The van der Waals surface area contributed by atoms with Gasteiger partial charge in [0.15, 0.2) is 0 Å². The van der Waals surface area contributed by atoms with Crippen LogP contribution in [0, 0.1) is 0 Å². The van der Waals surface area contributed by atoms with Crippen LogP contribution < -0.4 is 10.1 Å². The molecular formula is C14H21NO2. The van der Waals surface area contributed by atoms with E-state index in [-0.39, 0.29) is 5.91 Å². The molecule has 0 heterocycles. The molecule has 17 heavy (non-hydrogen) atoms. The Labute approximate surface area is 103 Å². The Hall–Kier alpha value is -1.51. The van der Waals surface area contributed by atoms with Gasteiger partial charge in [0.1, 0.15) is 5.75 Å². The van der Waals surface area contributed by atoms with Crippen LogP contribution in [0.3, 0.4) is 0 Å². The lowest BCUT2D eigenvalue weighted by molar-refractivity contribution is -0.121. The third kappa shape index (κ3) is 4.47. The summed E-state index contributed by atoms with van der Waals surface area (Å²) >= 11 is 0. The van der Waals surface area contributed by atoms with Crippen molar-refractivity contribution in [3.63, 3.8) is 0 Å². The lowest BCUT2D eigenvalue weighted by atomic mass is 9.99. The molecular weight excluding hydrogens is 214 g/mol. The molecule has 1 aromatic carbocycles. The van der Waals surface area contributed by atoms with E-state index in [0.717, 1.165) is 12.2 Å². The normalized spacial score (nSPS) is 11.9. The van der Waals surface area contributed by atoms with E-state index in [9.17, 15) is 4.79 Å². The van der Waals surface area contributed by atoms with Crippen molar-refractivity contribution in [2.45, 2.75) is 32.6 Å². The molecule has 3 heteroatoms. The van der Waals surface area contributed by atoms with Gasteiger partial charge >= 0.3 is 0 Å². The molecule has 0 saturated heterocycles. The quantitative estimate of drug-likeness (QED) is 0.823. The minimum Gasteiger partial charge on any atom is -0.493 e. The van der Waals surface area contributed by atoms with Crippen LogP contribution in [0.2, 0.25) is 0 Å². The zero-order chi connectivity index (χ0) is 12.7. The van der Waals surface area contributed by atoms with E-state index in [1.807, 2.05) is 12.1 Å². The molecule has 3 nitrogen and oxygen atoms in total. The lowest BCUT2D eigenvalue weighted by Gasteiger charge is -2.10. The molecule has 94 valence electrons. The number of nitrogens with one attached hydrogen (secondary N) is 1. The van der Waals surface area contributed by atoms with E-state index in [4.69, 9.17) is 4.74 Å². The molecule has 1 unspecified atom stereocenters. The van der Waals surface area contributed by atoms with Crippen LogP contribution in [-0.2, 0) is 4.79 Å². The highest BCUT2D eigenvalue weighted by atomic mass is 16.5. The zero-order valence-corrected chi connectivity index (χ0v) is 10.8. The van der Waals surface area contributed by atoms with Gasteiger partial charge in [-0.25, -0.2) is 0 Å². The third-order valence-electron chi connectivity index (χ3n) is 2.94. The summed E-state index contributed by atoms with van der Waals surface area (Å²) in [4.78, 5) is 11.0. The standard InChI is InChI=1S/C14H21NO2/c1-4-11(2)12-5-7-13(8-6-12)17-10-9-14(16)15-3/h5-8,11H,4,9-10H2,1-3H3,(H,15,16). The fourth-order valence-electron chi connectivity index (χ4n) is 1.51. The molecule has 0 aliphatic rings. The van der Waals surface area contributed by atoms with Gasteiger partial charge < -0.3 is 10.1 Å². The molecule has 0 aromatic heterocycles. The van der Waals surface area contributed by atoms with Crippen LogP contribution in [0.25, 0.3) is 0 Å². The number of hydrogen-bond donors (Lipinski definition) is 1. The van der Waals surface area contributed by atoms with Gasteiger partial charge in [0.25, 0.3) is 0 Å². The molecule has 0 aliphatic heterocycles. The predicted octanol–water partition coefficient (Wildman–Crippen LogP) is 2.72. The minimum atomic E-state index is 0.00113. The second-order valence-corrected chi connectivity index (χ2v) is 4.15. The number of ether oxygens (including phenoxy) is 1. The maximum Gasteiger partial charge on any atom is 0.223 e. The number of rotatable bonds is 6. The van der Waals surface area contributed by atoms with Gasteiger partial charge in [-0.05, 0) is 30.0 Å². The van der Waals surface area contributed by atoms with Crippen molar-refractivity contribution in [1.29, 1.82) is 0 Å². The van der Waals surface area contributed by atoms with Gasteiger partial charge in [-0.3, -0.25) is 4.79 Å². The Bertz CT molecular complexity index is 346. The molecule has 0 spiro atoms. The van der Waals surface area contributed by atoms with Crippen molar-refractivity contribution in [2.24, 2.45) is 0 Å². The molecule has 1 amide bonds. The van der Waals surface area contributed by atoms with E-state index in [1.165, 1.54) is 5.56 Å². The van der Waals surface area contributed by atoms with Gasteiger partial charge in [0, 0.05) is 7.05 Å². The van der Waals surface area contributed by atoms with E-state index in [2.05, 4.69) is 31.3 Å². The summed E-state index contributed by atoms with van der Waals surface area (Å²) in [6, 6.07) is 8.10. The maximum absolute atomic E-state index is 11.0. The average Bonchev–Trinajstić information content (AvgIpc) is 2.38.